The van der Waals surface area contributed by atoms with E-state index in [1.165, 1.54) is 4.40 Å². The molecule has 0 aliphatic rings. The fourth-order valence-electron chi connectivity index (χ4n) is 2.02. The summed E-state index contributed by atoms with van der Waals surface area (Å²) in [6.45, 7) is 0.315. The number of nitrogens with one attached hydrogen (secondary N) is 1. The maximum atomic E-state index is 12.4. The Hall–Kier alpha value is -1.41. The second-order valence-electron chi connectivity index (χ2n) is 4.42. The number of nitrogens with zero attached hydrogens (tertiary/aromatic N) is 2. The smallest absolute Gasteiger partial charge is 0.259 e. The quantitative estimate of drug-likeness (QED) is 0.775. The Morgan fingerprint density at radius 3 is 2.95 bits per heavy atom. The van der Waals surface area contributed by atoms with Crippen LogP contribution in [-0.2, 0) is 16.4 Å². The lowest BCUT2D eigenvalue weighted by Gasteiger charge is -2.06. The van der Waals surface area contributed by atoms with Crippen LogP contribution in [0.15, 0.2) is 46.2 Å². The van der Waals surface area contributed by atoms with Crippen LogP contribution in [0, 0.1) is 0 Å². The predicted octanol–water partition coefficient (Wildman–Crippen LogP) is 2.57. The fourth-order valence-corrected chi connectivity index (χ4v) is 4.39. The van der Waals surface area contributed by atoms with E-state index in [4.69, 9.17) is 11.6 Å². The summed E-state index contributed by atoms with van der Waals surface area (Å²) in [6.07, 6.45) is 2.26. The molecule has 0 amide bonds. The third-order valence-electron chi connectivity index (χ3n) is 2.99. The summed E-state index contributed by atoms with van der Waals surface area (Å²) in [5, 5.41) is 3.91. The lowest BCUT2D eigenvalue weighted by Crippen LogP contribution is -2.27. The molecule has 0 unspecified atom stereocenters. The molecule has 0 bridgehead atoms. The van der Waals surface area contributed by atoms with E-state index in [9.17, 15) is 8.42 Å². The zero-order valence-electron chi connectivity index (χ0n) is 10.9. The van der Waals surface area contributed by atoms with E-state index in [0.29, 0.717) is 18.6 Å². The Labute approximate surface area is 131 Å². The van der Waals surface area contributed by atoms with Gasteiger partial charge >= 0.3 is 0 Å². The first-order valence-electron chi connectivity index (χ1n) is 6.21. The van der Waals surface area contributed by atoms with Crippen molar-refractivity contribution < 1.29 is 8.42 Å². The van der Waals surface area contributed by atoms with Crippen molar-refractivity contribution in [3.05, 3.63) is 51.9 Å². The van der Waals surface area contributed by atoms with Gasteiger partial charge in [0.1, 0.15) is 5.65 Å². The van der Waals surface area contributed by atoms with Crippen molar-refractivity contribution in [1.29, 1.82) is 0 Å². The average molecular weight is 342 g/mol. The standard InChI is InChI=1S/C13H12ClN3O2S2/c14-12-13(17-7-2-1-3-11(17)16-12)21(18,19)15-6-4-10-5-8-20-9-10/h1-3,5,7-9,15H,4,6H2. The SMILES string of the molecule is O=S(=O)(NCCc1ccsc1)c1c(Cl)nc2ccccn12. The van der Waals surface area contributed by atoms with Crippen LogP contribution in [0.1, 0.15) is 5.56 Å². The molecule has 0 spiro atoms. The van der Waals surface area contributed by atoms with E-state index in [2.05, 4.69) is 9.71 Å². The molecule has 3 heterocycles. The van der Waals surface area contributed by atoms with Crippen LogP contribution in [-0.4, -0.2) is 24.3 Å². The maximum Gasteiger partial charge on any atom is 0.259 e. The van der Waals surface area contributed by atoms with E-state index < -0.39 is 10.0 Å². The second kappa shape index (κ2) is 5.76. The minimum atomic E-state index is -3.71. The summed E-state index contributed by atoms with van der Waals surface area (Å²) < 4.78 is 28.8. The van der Waals surface area contributed by atoms with Gasteiger partial charge in [-0.25, -0.2) is 18.1 Å². The number of imidazole rings is 1. The summed E-state index contributed by atoms with van der Waals surface area (Å²) in [7, 11) is -3.71. The predicted molar refractivity (Wildman–Crippen MR) is 83.4 cm³/mol. The van der Waals surface area contributed by atoms with Crippen LogP contribution in [0.4, 0.5) is 0 Å². The molecule has 5 nitrogen and oxygen atoms in total. The van der Waals surface area contributed by atoms with Crippen molar-refractivity contribution >= 4 is 38.6 Å². The van der Waals surface area contributed by atoms with Gasteiger partial charge in [0.2, 0.25) is 0 Å². The van der Waals surface area contributed by atoms with E-state index in [1.54, 1.807) is 35.7 Å². The largest absolute Gasteiger partial charge is 0.288 e. The average Bonchev–Trinajstić information content (AvgIpc) is 3.04. The number of fused-ring (bicyclic) bond motifs is 1. The molecule has 21 heavy (non-hydrogen) atoms. The lowest BCUT2D eigenvalue weighted by atomic mass is 10.2. The van der Waals surface area contributed by atoms with Gasteiger partial charge in [-0.3, -0.25) is 4.40 Å². The molecule has 3 aromatic rings. The van der Waals surface area contributed by atoms with Gasteiger partial charge in [0.25, 0.3) is 10.0 Å². The second-order valence-corrected chi connectivity index (χ2v) is 7.24. The molecule has 0 fully saturated rings. The third kappa shape index (κ3) is 2.96. The van der Waals surface area contributed by atoms with Gasteiger partial charge in [-0.2, -0.15) is 11.3 Å². The Bertz CT molecular complexity index is 857. The van der Waals surface area contributed by atoms with Gasteiger partial charge in [0, 0.05) is 12.7 Å². The minimum absolute atomic E-state index is 0.0231. The first kappa shape index (κ1) is 14.5. The Morgan fingerprint density at radius 2 is 2.19 bits per heavy atom. The number of aromatic nitrogens is 2. The van der Waals surface area contributed by atoms with E-state index >= 15 is 0 Å². The van der Waals surface area contributed by atoms with Crippen LogP contribution in [0.25, 0.3) is 5.65 Å². The van der Waals surface area contributed by atoms with E-state index in [1.807, 2.05) is 16.8 Å². The molecule has 110 valence electrons. The van der Waals surface area contributed by atoms with E-state index in [-0.39, 0.29) is 10.2 Å². The van der Waals surface area contributed by atoms with Crippen molar-refractivity contribution in [3.63, 3.8) is 0 Å². The van der Waals surface area contributed by atoms with Crippen LogP contribution >= 0.6 is 22.9 Å². The minimum Gasteiger partial charge on any atom is -0.288 e. The molecular formula is C13H12ClN3O2S2. The molecule has 0 saturated carbocycles. The Balaban J connectivity index is 1.84. The highest BCUT2D eigenvalue weighted by Gasteiger charge is 2.23. The number of thiophene rings is 1. The van der Waals surface area contributed by atoms with Gasteiger partial charge in [-0.15, -0.1) is 0 Å². The number of sulfonamides is 1. The van der Waals surface area contributed by atoms with Gasteiger partial charge in [0.15, 0.2) is 10.2 Å². The number of halogens is 1. The van der Waals surface area contributed by atoms with Crippen LogP contribution in [0.5, 0.6) is 0 Å². The van der Waals surface area contributed by atoms with Crippen LogP contribution < -0.4 is 4.72 Å². The monoisotopic (exact) mass is 341 g/mol. The zero-order chi connectivity index (χ0) is 14.9. The topological polar surface area (TPSA) is 63.5 Å². The van der Waals surface area contributed by atoms with E-state index in [0.717, 1.165) is 5.56 Å². The number of hydrogen-bond acceptors (Lipinski definition) is 4. The van der Waals surface area contributed by atoms with Crippen molar-refractivity contribution in [3.8, 4) is 0 Å². The number of pyridine rings is 1. The molecular weight excluding hydrogens is 330 g/mol. The maximum absolute atomic E-state index is 12.4. The summed E-state index contributed by atoms with van der Waals surface area (Å²) >= 11 is 7.57. The van der Waals surface area contributed by atoms with Gasteiger partial charge in [-0.05, 0) is 40.9 Å². The Morgan fingerprint density at radius 1 is 1.33 bits per heavy atom. The highest BCUT2D eigenvalue weighted by Crippen LogP contribution is 2.22. The lowest BCUT2D eigenvalue weighted by molar-refractivity contribution is 0.577. The normalized spacial score (nSPS) is 12.0. The fraction of sp³-hybridized carbons (Fsp3) is 0.154. The number of rotatable bonds is 5. The zero-order valence-corrected chi connectivity index (χ0v) is 13.2. The van der Waals surface area contributed by atoms with Gasteiger partial charge < -0.3 is 0 Å². The highest BCUT2D eigenvalue weighted by atomic mass is 35.5. The summed E-state index contributed by atoms with van der Waals surface area (Å²) in [5.74, 6) is 0. The molecule has 0 aliphatic heterocycles. The Kier molecular flexibility index (Phi) is 3.99. The summed E-state index contributed by atoms with van der Waals surface area (Å²) in [5.41, 5.74) is 1.60. The molecule has 1 N–H and O–H groups in total. The summed E-state index contributed by atoms with van der Waals surface area (Å²) in [6, 6.07) is 7.19. The molecule has 8 heteroatoms. The molecule has 3 aromatic heterocycles. The molecule has 0 radical (unpaired) electrons. The molecule has 0 aliphatic carbocycles. The first-order chi connectivity index (χ1) is 10.1. The third-order valence-corrected chi connectivity index (χ3v) is 5.58. The molecule has 0 aromatic carbocycles. The van der Waals surface area contributed by atoms with Crippen LogP contribution in [0.2, 0.25) is 5.15 Å². The first-order valence-corrected chi connectivity index (χ1v) is 9.01. The van der Waals surface area contributed by atoms with Crippen LogP contribution in [0.3, 0.4) is 0 Å². The van der Waals surface area contributed by atoms with Crippen molar-refractivity contribution in [2.24, 2.45) is 0 Å². The number of hydrogen-bond donors (Lipinski definition) is 1. The summed E-state index contributed by atoms with van der Waals surface area (Å²) in [4.78, 5) is 4.05. The van der Waals surface area contributed by atoms with Crippen molar-refractivity contribution in [2.45, 2.75) is 11.4 Å². The van der Waals surface area contributed by atoms with Crippen molar-refractivity contribution in [1.82, 2.24) is 14.1 Å². The molecule has 0 saturated heterocycles. The molecule has 3 rings (SSSR count). The molecule has 0 atom stereocenters. The van der Waals surface area contributed by atoms with Crippen molar-refractivity contribution in [2.75, 3.05) is 6.54 Å². The highest BCUT2D eigenvalue weighted by molar-refractivity contribution is 7.89. The van der Waals surface area contributed by atoms with Gasteiger partial charge in [0.05, 0.1) is 0 Å². The van der Waals surface area contributed by atoms with Gasteiger partial charge in [-0.1, -0.05) is 17.7 Å².